The van der Waals surface area contributed by atoms with Crippen molar-refractivity contribution in [3.05, 3.63) is 74.4 Å². The first-order valence-electron chi connectivity index (χ1n) is 8.22. The molecule has 0 aliphatic heterocycles. The highest BCUT2D eigenvalue weighted by atomic mass is 127. The number of nitrogens with one attached hydrogen (secondary N) is 1. The Labute approximate surface area is 172 Å². The van der Waals surface area contributed by atoms with Crippen molar-refractivity contribution < 1.29 is 9.31 Å². The fourth-order valence-corrected chi connectivity index (χ4v) is 3.56. The van der Waals surface area contributed by atoms with Gasteiger partial charge < -0.3 is 9.88 Å². The monoisotopic (exact) mass is 489 g/mol. The average molecular weight is 489 g/mol. The number of fused-ring (bicyclic) bond motifs is 1. The number of nitrogens with zero attached hydrogens (tertiary/aromatic N) is 4. The quantitative estimate of drug-likeness (QED) is 0.247. The smallest absolute Gasteiger partial charge is 0.306 e. The summed E-state index contributed by atoms with van der Waals surface area (Å²) in [6, 6.07) is 11.6. The van der Waals surface area contributed by atoms with Crippen LogP contribution in [-0.4, -0.2) is 19.5 Å². The van der Waals surface area contributed by atoms with Crippen LogP contribution in [0.5, 0.6) is 0 Å². The molecular formula is C19H13FIN5O2. The van der Waals surface area contributed by atoms with Crippen molar-refractivity contribution in [1.29, 1.82) is 0 Å². The van der Waals surface area contributed by atoms with Crippen molar-refractivity contribution in [2.45, 2.75) is 0 Å². The van der Waals surface area contributed by atoms with Gasteiger partial charge in [0.2, 0.25) is 11.8 Å². The molecule has 9 heteroatoms. The van der Waals surface area contributed by atoms with Gasteiger partial charge in [-0.05, 0) is 40.8 Å². The van der Waals surface area contributed by atoms with Crippen LogP contribution < -0.4 is 5.32 Å². The van der Waals surface area contributed by atoms with E-state index in [4.69, 9.17) is 0 Å². The van der Waals surface area contributed by atoms with Crippen LogP contribution in [0, 0.1) is 19.5 Å². The first-order valence-corrected chi connectivity index (χ1v) is 9.30. The molecule has 0 fully saturated rings. The molecule has 0 radical (unpaired) electrons. The summed E-state index contributed by atoms with van der Waals surface area (Å²) < 4.78 is 16.4. The molecule has 4 aromatic rings. The highest BCUT2D eigenvalue weighted by Gasteiger charge is 2.16. The van der Waals surface area contributed by atoms with Gasteiger partial charge in [-0.2, -0.15) is 4.39 Å². The van der Waals surface area contributed by atoms with E-state index in [2.05, 4.69) is 37.9 Å². The Kier molecular flexibility index (Phi) is 4.67. The molecule has 0 amide bonds. The number of nitro benzene ring substituents is 1. The van der Waals surface area contributed by atoms with Gasteiger partial charge in [-0.25, -0.2) is 9.97 Å². The number of nitro groups is 1. The summed E-state index contributed by atoms with van der Waals surface area (Å²) in [6.07, 6.45) is 3.67. The number of hydrogen-bond donors (Lipinski definition) is 1. The second kappa shape index (κ2) is 7.15. The SMILES string of the molecule is Cn1cc(-c2nc(Nc3ccc(F)c([N+](=O)[O-])c3)ncc2I)c2ccccc21. The molecule has 1 N–H and O–H groups in total. The number of aromatic nitrogens is 3. The molecule has 7 nitrogen and oxygen atoms in total. The van der Waals surface area contributed by atoms with Crippen LogP contribution in [0.2, 0.25) is 0 Å². The zero-order valence-electron chi connectivity index (χ0n) is 14.6. The molecule has 0 aliphatic carbocycles. The van der Waals surface area contributed by atoms with Crippen molar-refractivity contribution >= 4 is 50.8 Å². The van der Waals surface area contributed by atoms with Gasteiger partial charge in [0.05, 0.1) is 14.2 Å². The lowest BCUT2D eigenvalue weighted by atomic mass is 10.1. The molecule has 0 saturated carbocycles. The highest BCUT2D eigenvalue weighted by molar-refractivity contribution is 14.1. The number of benzene rings is 2. The third kappa shape index (κ3) is 3.28. The third-order valence-corrected chi connectivity index (χ3v) is 5.08. The maximum atomic E-state index is 13.5. The zero-order valence-corrected chi connectivity index (χ0v) is 16.7. The summed E-state index contributed by atoms with van der Waals surface area (Å²) in [6.45, 7) is 0. The van der Waals surface area contributed by atoms with Crippen LogP contribution in [0.1, 0.15) is 0 Å². The fourth-order valence-electron chi connectivity index (χ4n) is 3.01. The van der Waals surface area contributed by atoms with Gasteiger partial charge >= 0.3 is 5.69 Å². The zero-order chi connectivity index (χ0) is 19.8. The summed E-state index contributed by atoms with van der Waals surface area (Å²) >= 11 is 2.17. The van der Waals surface area contributed by atoms with Gasteiger partial charge in [-0.15, -0.1) is 0 Å². The van der Waals surface area contributed by atoms with Crippen LogP contribution in [-0.2, 0) is 7.05 Å². The highest BCUT2D eigenvalue weighted by Crippen LogP contribution is 2.32. The minimum Gasteiger partial charge on any atom is -0.350 e. The predicted molar refractivity (Wildman–Crippen MR) is 113 cm³/mol. The molecule has 0 atom stereocenters. The Morgan fingerprint density at radius 1 is 1.25 bits per heavy atom. The molecule has 28 heavy (non-hydrogen) atoms. The van der Waals surface area contributed by atoms with Gasteiger partial charge in [-0.3, -0.25) is 10.1 Å². The van der Waals surface area contributed by atoms with Crippen molar-refractivity contribution in [3.8, 4) is 11.3 Å². The maximum Gasteiger partial charge on any atom is 0.306 e. The number of halogens is 2. The van der Waals surface area contributed by atoms with Gasteiger partial charge in [-0.1, -0.05) is 18.2 Å². The Morgan fingerprint density at radius 2 is 2.04 bits per heavy atom. The van der Waals surface area contributed by atoms with Gasteiger partial charge in [0.25, 0.3) is 0 Å². The molecule has 0 bridgehead atoms. The minimum absolute atomic E-state index is 0.268. The molecule has 2 aromatic heterocycles. The summed E-state index contributed by atoms with van der Waals surface area (Å²) in [5.74, 6) is -0.625. The van der Waals surface area contributed by atoms with Crippen LogP contribution in [0.15, 0.2) is 54.9 Å². The van der Waals surface area contributed by atoms with E-state index in [1.807, 2.05) is 42.1 Å². The van der Waals surface area contributed by atoms with Crippen LogP contribution in [0.3, 0.4) is 0 Å². The van der Waals surface area contributed by atoms with Gasteiger partial charge in [0.1, 0.15) is 0 Å². The number of anilines is 2. The summed E-state index contributed by atoms with van der Waals surface area (Å²) in [5.41, 5.74) is 2.50. The summed E-state index contributed by atoms with van der Waals surface area (Å²) in [5, 5.41) is 14.9. The summed E-state index contributed by atoms with van der Waals surface area (Å²) in [7, 11) is 1.97. The second-order valence-electron chi connectivity index (χ2n) is 6.11. The number of rotatable bonds is 4. The minimum atomic E-state index is -0.893. The molecule has 0 spiro atoms. The lowest BCUT2D eigenvalue weighted by Gasteiger charge is -2.08. The maximum absolute atomic E-state index is 13.5. The fraction of sp³-hybridized carbons (Fsp3) is 0.0526. The van der Waals surface area contributed by atoms with Gasteiger partial charge in [0, 0.05) is 47.7 Å². The van der Waals surface area contributed by atoms with Crippen molar-refractivity contribution in [2.75, 3.05) is 5.32 Å². The summed E-state index contributed by atoms with van der Waals surface area (Å²) in [4.78, 5) is 19.0. The van der Waals surface area contributed by atoms with Gasteiger partial charge in [0.15, 0.2) is 0 Å². The van der Waals surface area contributed by atoms with E-state index in [1.165, 1.54) is 6.07 Å². The lowest BCUT2D eigenvalue weighted by Crippen LogP contribution is -2.01. The van der Waals surface area contributed by atoms with E-state index in [1.54, 1.807) is 6.20 Å². The van der Waals surface area contributed by atoms with E-state index in [0.717, 1.165) is 37.9 Å². The normalized spacial score (nSPS) is 11.0. The Morgan fingerprint density at radius 3 is 2.82 bits per heavy atom. The first kappa shape index (κ1) is 18.3. The number of aryl methyl sites for hydroxylation is 1. The predicted octanol–water partition coefficient (Wildman–Crippen LogP) is 5.03. The second-order valence-corrected chi connectivity index (χ2v) is 7.27. The van der Waals surface area contributed by atoms with E-state index < -0.39 is 16.4 Å². The average Bonchev–Trinajstić information content (AvgIpc) is 3.01. The third-order valence-electron chi connectivity index (χ3n) is 4.30. The largest absolute Gasteiger partial charge is 0.350 e. The van der Waals surface area contributed by atoms with E-state index in [0.29, 0.717) is 5.69 Å². The molecule has 0 unspecified atom stereocenters. The van der Waals surface area contributed by atoms with E-state index in [9.17, 15) is 14.5 Å². The van der Waals surface area contributed by atoms with Crippen LogP contribution >= 0.6 is 22.6 Å². The topological polar surface area (TPSA) is 85.9 Å². The standard InChI is InChI=1S/C19H13FIN5O2/c1-25-10-13(12-4-2-3-5-16(12)25)18-15(21)9-22-19(24-18)23-11-6-7-14(20)17(8-11)26(27)28/h2-10H,1H3,(H,22,23,24). The molecule has 2 aromatic carbocycles. The van der Waals surface area contributed by atoms with Crippen molar-refractivity contribution in [1.82, 2.24) is 14.5 Å². The Hall–Kier alpha value is -3.08. The molecule has 0 aliphatic rings. The van der Waals surface area contributed by atoms with E-state index in [-0.39, 0.29) is 5.95 Å². The lowest BCUT2D eigenvalue weighted by molar-refractivity contribution is -0.387. The molecule has 140 valence electrons. The molecule has 0 saturated heterocycles. The Balaban J connectivity index is 1.76. The van der Waals surface area contributed by atoms with Crippen molar-refractivity contribution in [3.63, 3.8) is 0 Å². The molecule has 2 heterocycles. The van der Waals surface area contributed by atoms with Crippen molar-refractivity contribution in [2.24, 2.45) is 7.05 Å². The van der Waals surface area contributed by atoms with E-state index >= 15 is 0 Å². The Bertz CT molecular complexity index is 1220. The molecule has 4 rings (SSSR count). The first-order chi connectivity index (χ1) is 13.4. The number of hydrogen-bond acceptors (Lipinski definition) is 5. The van der Waals surface area contributed by atoms with Crippen LogP contribution in [0.4, 0.5) is 21.7 Å². The molecular weight excluding hydrogens is 476 g/mol. The van der Waals surface area contributed by atoms with Crippen LogP contribution in [0.25, 0.3) is 22.2 Å². The number of para-hydroxylation sites is 1.